The first-order valence-corrected chi connectivity index (χ1v) is 9.47. The zero-order chi connectivity index (χ0) is 19.5. The predicted octanol–water partition coefficient (Wildman–Crippen LogP) is 1.74. The molecule has 1 fully saturated rings. The van der Waals surface area contributed by atoms with Crippen molar-refractivity contribution in [1.29, 1.82) is 0 Å². The number of halogens is 1. The number of hydrogen-bond donors (Lipinski definition) is 1. The lowest BCUT2D eigenvalue weighted by atomic mass is 10.0. The van der Waals surface area contributed by atoms with Gasteiger partial charge in [0, 0.05) is 31.4 Å². The second-order valence-electron chi connectivity index (χ2n) is 7.24. The van der Waals surface area contributed by atoms with Crippen LogP contribution >= 0.6 is 0 Å². The maximum Gasteiger partial charge on any atom is 0.224 e. The van der Waals surface area contributed by atoms with Gasteiger partial charge in [0.25, 0.3) is 0 Å². The topological polar surface area (TPSA) is 75.9 Å². The summed E-state index contributed by atoms with van der Waals surface area (Å²) >= 11 is 0. The van der Waals surface area contributed by atoms with Gasteiger partial charge in [-0.25, -0.2) is 19.0 Å². The van der Waals surface area contributed by atoms with Gasteiger partial charge in [-0.05, 0) is 37.7 Å². The van der Waals surface area contributed by atoms with Crippen LogP contribution in [-0.2, 0) is 17.8 Å². The largest absolute Gasteiger partial charge is 0.354 e. The Morgan fingerprint density at radius 1 is 1.32 bits per heavy atom. The van der Waals surface area contributed by atoms with Gasteiger partial charge in [0.2, 0.25) is 5.91 Å². The number of nitrogens with one attached hydrogen (secondary N) is 1. The summed E-state index contributed by atoms with van der Waals surface area (Å²) in [5.41, 5.74) is 3.22. The van der Waals surface area contributed by atoms with Crippen LogP contribution in [0.3, 0.4) is 0 Å². The molecular weight excluding hydrogens is 359 g/mol. The van der Waals surface area contributed by atoms with E-state index in [9.17, 15) is 9.18 Å². The zero-order valence-corrected chi connectivity index (χ0v) is 15.8. The van der Waals surface area contributed by atoms with Crippen LogP contribution in [-0.4, -0.2) is 57.2 Å². The molecule has 0 aliphatic carbocycles. The Kier molecular flexibility index (Phi) is 5.29. The maximum absolute atomic E-state index is 13.2. The van der Waals surface area contributed by atoms with Crippen molar-refractivity contribution < 1.29 is 9.18 Å². The van der Waals surface area contributed by atoms with Crippen molar-refractivity contribution >= 4 is 17.1 Å². The number of likely N-dealkylation sites (N-methyl/N-ethyl adjacent to an activating group) is 1. The summed E-state index contributed by atoms with van der Waals surface area (Å²) in [6.45, 7) is 2.95. The Morgan fingerprint density at radius 3 is 2.96 bits per heavy atom. The third-order valence-electron chi connectivity index (χ3n) is 5.07. The van der Waals surface area contributed by atoms with Crippen LogP contribution in [0.15, 0.2) is 36.7 Å². The molecule has 28 heavy (non-hydrogen) atoms. The van der Waals surface area contributed by atoms with Gasteiger partial charge in [0.1, 0.15) is 11.3 Å². The molecule has 0 radical (unpaired) electrons. The molecule has 4 rings (SSSR count). The van der Waals surface area contributed by atoms with E-state index in [-0.39, 0.29) is 18.1 Å². The zero-order valence-electron chi connectivity index (χ0n) is 15.8. The third-order valence-corrected chi connectivity index (χ3v) is 5.07. The Bertz CT molecular complexity index is 988. The van der Waals surface area contributed by atoms with Crippen molar-refractivity contribution in [1.82, 2.24) is 30.0 Å². The van der Waals surface area contributed by atoms with Gasteiger partial charge in [0.05, 0.1) is 18.7 Å². The smallest absolute Gasteiger partial charge is 0.224 e. The molecule has 3 aromatic rings. The van der Waals surface area contributed by atoms with Gasteiger partial charge in [-0.1, -0.05) is 12.1 Å². The molecule has 146 valence electrons. The number of nitrogens with zero attached hydrogens (tertiary/aromatic N) is 5. The van der Waals surface area contributed by atoms with E-state index in [2.05, 4.69) is 27.2 Å². The SMILES string of the molecule is CN1CC[C@H](c2nn(CCNC(=O)Cc3cccc(F)c3)c3nccnc23)C1. The lowest BCUT2D eigenvalue weighted by Gasteiger charge is -2.08. The normalized spacial score (nSPS) is 17.3. The van der Waals surface area contributed by atoms with E-state index in [1.165, 1.54) is 12.1 Å². The number of aromatic nitrogens is 4. The molecule has 0 saturated carbocycles. The van der Waals surface area contributed by atoms with E-state index in [0.717, 1.165) is 36.4 Å². The number of rotatable bonds is 6. The molecule has 1 aliphatic rings. The Labute approximate surface area is 162 Å². The molecule has 1 saturated heterocycles. The Hall–Kier alpha value is -2.87. The second-order valence-corrected chi connectivity index (χ2v) is 7.24. The minimum Gasteiger partial charge on any atom is -0.354 e. The van der Waals surface area contributed by atoms with Crippen LogP contribution in [0.5, 0.6) is 0 Å². The van der Waals surface area contributed by atoms with Crippen molar-refractivity contribution in [3.63, 3.8) is 0 Å². The minimum absolute atomic E-state index is 0.147. The van der Waals surface area contributed by atoms with Gasteiger partial charge < -0.3 is 10.2 Å². The van der Waals surface area contributed by atoms with Crippen molar-refractivity contribution in [3.8, 4) is 0 Å². The molecule has 3 heterocycles. The molecule has 0 spiro atoms. The molecule has 1 atom stereocenters. The van der Waals surface area contributed by atoms with E-state index in [4.69, 9.17) is 5.10 Å². The molecule has 7 nitrogen and oxygen atoms in total. The summed E-state index contributed by atoms with van der Waals surface area (Å²) in [6.07, 6.45) is 4.56. The summed E-state index contributed by atoms with van der Waals surface area (Å²) in [4.78, 5) is 23.4. The van der Waals surface area contributed by atoms with Crippen molar-refractivity contribution in [2.45, 2.75) is 25.3 Å². The quantitative estimate of drug-likeness (QED) is 0.703. The third kappa shape index (κ3) is 4.01. The maximum atomic E-state index is 13.2. The summed E-state index contributed by atoms with van der Waals surface area (Å²) in [6, 6.07) is 6.09. The fourth-order valence-corrected chi connectivity index (χ4v) is 3.71. The lowest BCUT2D eigenvalue weighted by molar-refractivity contribution is -0.120. The average Bonchev–Trinajstić information content (AvgIpc) is 3.26. The predicted molar refractivity (Wildman–Crippen MR) is 103 cm³/mol. The van der Waals surface area contributed by atoms with E-state index in [1.54, 1.807) is 24.5 Å². The van der Waals surface area contributed by atoms with Crippen LogP contribution in [0.2, 0.25) is 0 Å². The number of fused-ring (bicyclic) bond motifs is 1. The van der Waals surface area contributed by atoms with Crippen molar-refractivity contribution in [2.75, 3.05) is 26.7 Å². The molecular formula is C20H23FN6O. The van der Waals surface area contributed by atoms with E-state index >= 15 is 0 Å². The highest BCUT2D eigenvalue weighted by Crippen LogP contribution is 2.29. The van der Waals surface area contributed by atoms with Gasteiger partial charge in [-0.2, -0.15) is 5.10 Å². The Balaban J connectivity index is 1.41. The molecule has 0 unspecified atom stereocenters. The number of likely N-dealkylation sites (tertiary alicyclic amines) is 1. The number of carbonyl (C=O) groups excluding carboxylic acids is 1. The van der Waals surface area contributed by atoms with Gasteiger partial charge in [-0.3, -0.25) is 4.79 Å². The first kappa shape index (κ1) is 18.5. The summed E-state index contributed by atoms with van der Waals surface area (Å²) < 4.78 is 15.1. The highest BCUT2D eigenvalue weighted by molar-refractivity contribution is 5.78. The highest BCUT2D eigenvalue weighted by atomic mass is 19.1. The van der Waals surface area contributed by atoms with Gasteiger partial charge in [-0.15, -0.1) is 0 Å². The summed E-state index contributed by atoms with van der Waals surface area (Å²) in [5.74, 6) is -0.129. The number of hydrogen-bond acceptors (Lipinski definition) is 5. The van der Waals surface area contributed by atoms with Crippen LogP contribution in [0.4, 0.5) is 4.39 Å². The van der Waals surface area contributed by atoms with E-state index < -0.39 is 0 Å². The summed E-state index contributed by atoms with van der Waals surface area (Å²) in [7, 11) is 2.11. The lowest BCUT2D eigenvalue weighted by Crippen LogP contribution is -2.29. The van der Waals surface area contributed by atoms with Crippen LogP contribution in [0, 0.1) is 5.82 Å². The first-order chi connectivity index (χ1) is 13.6. The molecule has 8 heteroatoms. The van der Waals surface area contributed by atoms with Crippen LogP contribution in [0.1, 0.15) is 23.6 Å². The first-order valence-electron chi connectivity index (χ1n) is 9.47. The standard InChI is InChI=1S/C20H23FN6O/c1-26-9-5-15(13-26)18-19-20(24-7-6-23-19)27(25-18)10-8-22-17(28)12-14-3-2-4-16(21)11-14/h2-4,6-7,11,15H,5,8-10,12-13H2,1H3,(H,22,28)/t15-/m0/s1. The monoisotopic (exact) mass is 382 g/mol. The summed E-state index contributed by atoms with van der Waals surface area (Å²) in [5, 5.41) is 7.63. The highest BCUT2D eigenvalue weighted by Gasteiger charge is 2.27. The molecule has 1 aliphatic heterocycles. The fraction of sp³-hybridized carbons (Fsp3) is 0.400. The van der Waals surface area contributed by atoms with Crippen molar-refractivity contribution in [3.05, 3.63) is 53.7 Å². The molecule has 1 aromatic carbocycles. The Morgan fingerprint density at radius 2 is 2.18 bits per heavy atom. The molecule has 0 bridgehead atoms. The van der Waals surface area contributed by atoms with E-state index in [1.807, 2.05) is 4.68 Å². The average molecular weight is 382 g/mol. The van der Waals surface area contributed by atoms with Gasteiger partial charge >= 0.3 is 0 Å². The molecule has 1 N–H and O–H groups in total. The molecule has 2 aromatic heterocycles. The van der Waals surface area contributed by atoms with Crippen LogP contribution in [0.25, 0.3) is 11.2 Å². The number of benzene rings is 1. The molecule has 1 amide bonds. The van der Waals surface area contributed by atoms with Gasteiger partial charge in [0.15, 0.2) is 5.65 Å². The fourth-order valence-electron chi connectivity index (χ4n) is 3.71. The number of amides is 1. The van der Waals surface area contributed by atoms with Crippen molar-refractivity contribution in [2.24, 2.45) is 0 Å². The van der Waals surface area contributed by atoms with E-state index in [0.29, 0.717) is 24.6 Å². The number of carbonyl (C=O) groups is 1. The second kappa shape index (κ2) is 8.02. The minimum atomic E-state index is -0.336. The van der Waals surface area contributed by atoms with Crippen LogP contribution < -0.4 is 5.32 Å².